The lowest BCUT2D eigenvalue weighted by Gasteiger charge is -2.43. The Morgan fingerprint density at radius 2 is 2.25 bits per heavy atom. The maximum absolute atomic E-state index is 11.1. The fourth-order valence-electron chi connectivity index (χ4n) is 2.60. The van der Waals surface area contributed by atoms with Crippen molar-refractivity contribution >= 4 is 5.69 Å². The number of hydrogen-bond donors (Lipinski definition) is 1. The summed E-state index contributed by atoms with van der Waals surface area (Å²) >= 11 is 0. The molecule has 0 spiro atoms. The van der Waals surface area contributed by atoms with Gasteiger partial charge in [-0.3, -0.25) is 10.1 Å². The van der Waals surface area contributed by atoms with Crippen LogP contribution in [0.1, 0.15) is 18.9 Å². The molecule has 110 valence electrons. The summed E-state index contributed by atoms with van der Waals surface area (Å²) in [5.74, 6) is 0.317. The molecule has 0 heterocycles. The minimum absolute atomic E-state index is 0.0363. The van der Waals surface area contributed by atoms with E-state index < -0.39 is 4.92 Å². The number of hydrogen-bond acceptors (Lipinski definition) is 5. The van der Waals surface area contributed by atoms with Gasteiger partial charge >= 0.3 is 5.69 Å². The summed E-state index contributed by atoms with van der Waals surface area (Å²) in [7, 11) is 1.63. The van der Waals surface area contributed by atoms with Crippen molar-refractivity contribution < 1.29 is 14.4 Å². The molecule has 0 bridgehead atoms. The molecule has 1 fully saturated rings. The lowest BCUT2D eigenvalue weighted by atomic mass is 9.85. The van der Waals surface area contributed by atoms with Crippen LogP contribution in [0, 0.1) is 17.0 Å². The lowest BCUT2D eigenvalue weighted by molar-refractivity contribution is -0.386. The molecule has 1 aliphatic rings. The normalized spacial score (nSPS) is 25.1. The van der Waals surface area contributed by atoms with E-state index in [0.29, 0.717) is 11.3 Å². The fraction of sp³-hybridized carbons (Fsp3) is 0.571. The van der Waals surface area contributed by atoms with Gasteiger partial charge in [0, 0.05) is 25.1 Å². The number of likely N-dealkylation sites (N-methyl/N-ethyl adjacent to an activating group) is 1. The zero-order valence-corrected chi connectivity index (χ0v) is 12.0. The molecule has 2 rings (SSSR count). The van der Waals surface area contributed by atoms with Gasteiger partial charge < -0.3 is 14.8 Å². The van der Waals surface area contributed by atoms with Crippen LogP contribution in [-0.2, 0) is 4.74 Å². The number of ether oxygens (including phenoxy) is 2. The van der Waals surface area contributed by atoms with E-state index in [1.807, 2.05) is 6.92 Å². The Labute approximate surface area is 118 Å². The van der Waals surface area contributed by atoms with Crippen LogP contribution >= 0.6 is 0 Å². The summed E-state index contributed by atoms with van der Waals surface area (Å²) in [5, 5.41) is 14.4. The standard InChI is InChI=1S/C14H20N2O4/c1-4-15-10-8-12(14(10)19-3)20-11-7-5-6-9(2)13(11)16(17)18/h5-7,10,12,14-15H,4,8H2,1-3H3. The summed E-state index contributed by atoms with van der Waals surface area (Å²) in [6, 6.07) is 5.36. The number of benzene rings is 1. The molecule has 0 aromatic heterocycles. The van der Waals surface area contributed by atoms with Crippen molar-refractivity contribution in [3.05, 3.63) is 33.9 Å². The second kappa shape index (κ2) is 6.19. The first-order valence-corrected chi connectivity index (χ1v) is 6.75. The molecule has 0 aliphatic heterocycles. The van der Waals surface area contributed by atoms with Crippen molar-refractivity contribution in [1.82, 2.24) is 5.32 Å². The number of nitrogens with one attached hydrogen (secondary N) is 1. The summed E-state index contributed by atoms with van der Waals surface area (Å²) in [6.07, 6.45) is 0.567. The summed E-state index contributed by atoms with van der Waals surface area (Å²) in [5.41, 5.74) is 0.637. The highest BCUT2D eigenvalue weighted by molar-refractivity contribution is 5.52. The molecule has 1 aromatic carbocycles. The van der Waals surface area contributed by atoms with E-state index in [2.05, 4.69) is 5.32 Å². The van der Waals surface area contributed by atoms with E-state index in [9.17, 15) is 10.1 Å². The quantitative estimate of drug-likeness (QED) is 0.637. The van der Waals surface area contributed by atoms with Crippen LogP contribution in [-0.4, -0.2) is 36.8 Å². The maximum atomic E-state index is 11.1. The number of aryl methyl sites for hydroxylation is 1. The summed E-state index contributed by atoms with van der Waals surface area (Å²) in [4.78, 5) is 10.7. The zero-order chi connectivity index (χ0) is 14.7. The highest BCUT2D eigenvalue weighted by atomic mass is 16.6. The van der Waals surface area contributed by atoms with Crippen LogP contribution < -0.4 is 10.1 Å². The highest BCUT2D eigenvalue weighted by Gasteiger charge is 2.43. The van der Waals surface area contributed by atoms with E-state index in [-0.39, 0.29) is 23.9 Å². The first kappa shape index (κ1) is 14.7. The fourth-order valence-corrected chi connectivity index (χ4v) is 2.60. The van der Waals surface area contributed by atoms with Crippen molar-refractivity contribution in [3.63, 3.8) is 0 Å². The molecule has 0 saturated heterocycles. The molecular weight excluding hydrogens is 260 g/mol. The Bertz CT molecular complexity index is 492. The number of para-hydroxylation sites is 1. The van der Waals surface area contributed by atoms with Crippen LogP contribution in [0.3, 0.4) is 0 Å². The molecule has 6 nitrogen and oxygen atoms in total. The minimum Gasteiger partial charge on any atom is -0.481 e. The van der Waals surface area contributed by atoms with Gasteiger partial charge in [0.2, 0.25) is 0 Å². The van der Waals surface area contributed by atoms with Crippen LogP contribution in [0.5, 0.6) is 5.75 Å². The van der Waals surface area contributed by atoms with Gasteiger partial charge in [0.15, 0.2) is 5.75 Å². The smallest absolute Gasteiger partial charge is 0.313 e. The van der Waals surface area contributed by atoms with Gasteiger partial charge in [-0.05, 0) is 19.5 Å². The monoisotopic (exact) mass is 280 g/mol. The third-order valence-electron chi connectivity index (χ3n) is 3.65. The second-order valence-corrected chi connectivity index (χ2v) is 4.94. The predicted octanol–water partition coefficient (Wildman–Crippen LogP) is 2.05. The van der Waals surface area contributed by atoms with Crippen LogP contribution in [0.15, 0.2) is 18.2 Å². The van der Waals surface area contributed by atoms with Crippen molar-refractivity contribution in [3.8, 4) is 5.75 Å². The van der Waals surface area contributed by atoms with Gasteiger partial charge in [-0.25, -0.2) is 0 Å². The Balaban J connectivity index is 2.12. The van der Waals surface area contributed by atoms with Crippen LogP contribution in [0.4, 0.5) is 5.69 Å². The Morgan fingerprint density at radius 3 is 2.85 bits per heavy atom. The molecule has 6 heteroatoms. The number of methoxy groups -OCH3 is 1. The van der Waals surface area contributed by atoms with E-state index in [1.54, 1.807) is 32.2 Å². The Morgan fingerprint density at radius 1 is 1.50 bits per heavy atom. The number of nitrogens with zero attached hydrogens (tertiary/aromatic N) is 1. The van der Waals surface area contributed by atoms with E-state index >= 15 is 0 Å². The van der Waals surface area contributed by atoms with Crippen molar-refractivity contribution in [2.45, 2.75) is 38.5 Å². The number of nitro groups is 1. The molecular formula is C14H20N2O4. The number of nitro benzene ring substituents is 1. The first-order chi connectivity index (χ1) is 9.58. The largest absolute Gasteiger partial charge is 0.481 e. The van der Waals surface area contributed by atoms with Crippen molar-refractivity contribution in [2.75, 3.05) is 13.7 Å². The average molecular weight is 280 g/mol. The van der Waals surface area contributed by atoms with E-state index in [0.717, 1.165) is 13.0 Å². The SMILES string of the molecule is CCNC1CC(Oc2cccc(C)c2[N+](=O)[O-])C1OC. The van der Waals surface area contributed by atoms with Gasteiger partial charge in [-0.2, -0.15) is 0 Å². The molecule has 0 radical (unpaired) electrons. The molecule has 1 saturated carbocycles. The second-order valence-electron chi connectivity index (χ2n) is 4.94. The molecule has 1 aliphatic carbocycles. The van der Waals surface area contributed by atoms with Gasteiger partial charge in [0.05, 0.1) is 4.92 Å². The van der Waals surface area contributed by atoms with Gasteiger partial charge in [0.1, 0.15) is 12.2 Å². The Hall–Kier alpha value is -1.66. The molecule has 1 N–H and O–H groups in total. The Kier molecular flexibility index (Phi) is 4.57. The molecule has 0 amide bonds. The average Bonchev–Trinajstić information content (AvgIpc) is 2.37. The summed E-state index contributed by atoms with van der Waals surface area (Å²) < 4.78 is 11.2. The zero-order valence-electron chi connectivity index (χ0n) is 12.0. The maximum Gasteiger partial charge on any atom is 0.313 e. The lowest BCUT2D eigenvalue weighted by Crippen LogP contribution is -2.60. The van der Waals surface area contributed by atoms with Crippen LogP contribution in [0.2, 0.25) is 0 Å². The third-order valence-corrected chi connectivity index (χ3v) is 3.65. The molecule has 1 aromatic rings. The minimum atomic E-state index is -0.396. The van der Waals surface area contributed by atoms with E-state index in [1.165, 1.54) is 0 Å². The summed E-state index contributed by atoms with van der Waals surface area (Å²) in [6.45, 7) is 4.61. The first-order valence-electron chi connectivity index (χ1n) is 6.75. The van der Waals surface area contributed by atoms with E-state index in [4.69, 9.17) is 9.47 Å². The number of rotatable bonds is 6. The van der Waals surface area contributed by atoms with Gasteiger partial charge in [-0.1, -0.05) is 19.1 Å². The van der Waals surface area contributed by atoms with Gasteiger partial charge in [-0.15, -0.1) is 0 Å². The van der Waals surface area contributed by atoms with Crippen molar-refractivity contribution in [1.29, 1.82) is 0 Å². The molecule has 20 heavy (non-hydrogen) atoms. The molecule has 3 atom stereocenters. The molecule has 3 unspecified atom stereocenters. The van der Waals surface area contributed by atoms with Crippen molar-refractivity contribution in [2.24, 2.45) is 0 Å². The van der Waals surface area contributed by atoms with Crippen LogP contribution in [0.25, 0.3) is 0 Å². The topological polar surface area (TPSA) is 73.6 Å². The van der Waals surface area contributed by atoms with Gasteiger partial charge in [0.25, 0.3) is 0 Å². The highest BCUT2D eigenvalue weighted by Crippen LogP contribution is 2.35. The third kappa shape index (κ3) is 2.76. The predicted molar refractivity (Wildman–Crippen MR) is 75.1 cm³/mol.